The minimum absolute atomic E-state index is 0.0364. The highest BCUT2D eigenvalue weighted by Gasteiger charge is 2.37. The van der Waals surface area contributed by atoms with E-state index in [0.29, 0.717) is 31.2 Å². The molecule has 11 heteroatoms. The van der Waals surface area contributed by atoms with E-state index in [1.165, 1.54) is 0 Å². The van der Waals surface area contributed by atoms with Gasteiger partial charge >= 0.3 is 12.2 Å². The average Bonchev–Trinajstić information content (AvgIpc) is 3.70. The van der Waals surface area contributed by atoms with Crippen molar-refractivity contribution in [2.24, 2.45) is 7.05 Å². The molecule has 6 rings (SSSR count). The number of alkyl carbamates (subject to hydrolysis) is 1. The minimum Gasteiger partial charge on any atom is -0.446 e. The summed E-state index contributed by atoms with van der Waals surface area (Å²) in [7, 11) is 1.90. The summed E-state index contributed by atoms with van der Waals surface area (Å²) in [6.07, 6.45) is 8.33. The van der Waals surface area contributed by atoms with E-state index in [1.54, 1.807) is 23.6 Å². The number of pyridine rings is 1. The molecule has 43 heavy (non-hydrogen) atoms. The van der Waals surface area contributed by atoms with E-state index < -0.39 is 17.7 Å². The summed E-state index contributed by atoms with van der Waals surface area (Å²) in [6, 6.07) is 9.09. The van der Waals surface area contributed by atoms with Crippen LogP contribution in [0.3, 0.4) is 0 Å². The summed E-state index contributed by atoms with van der Waals surface area (Å²) in [5.41, 5.74) is 4.87. The van der Waals surface area contributed by atoms with Gasteiger partial charge in [-0.3, -0.25) is 9.88 Å². The lowest BCUT2D eigenvalue weighted by atomic mass is 9.90. The van der Waals surface area contributed by atoms with Gasteiger partial charge < -0.3 is 24.3 Å². The van der Waals surface area contributed by atoms with Crippen molar-refractivity contribution in [2.75, 3.05) is 26.2 Å². The van der Waals surface area contributed by atoms with Gasteiger partial charge in [-0.25, -0.2) is 14.6 Å². The predicted octanol–water partition coefficient (Wildman–Crippen LogP) is 5.59. The zero-order valence-corrected chi connectivity index (χ0v) is 25.7. The smallest absolute Gasteiger partial charge is 0.410 e. The SMILES string of the molecule is Cn1cncc1C(NC(=O)OC1CC1)C1=Cc2cccnc2C(N2CCN(C(=O)OC(C)(C)C)CC2)c2ccc(Cl)cc21. The summed E-state index contributed by atoms with van der Waals surface area (Å²) < 4.78 is 13.1. The largest absolute Gasteiger partial charge is 0.446 e. The quantitative estimate of drug-likeness (QED) is 0.405. The van der Waals surface area contributed by atoms with Crippen molar-refractivity contribution in [3.05, 3.63) is 82.2 Å². The van der Waals surface area contributed by atoms with Gasteiger partial charge in [0, 0.05) is 44.4 Å². The highest BCUT2D eigenvalue weighted by molar-refractivity contribution is 6.30. The average molecular weight is 605 g/mol. The van der Waals surface area contributed by atoms with E-state index >= 15 is 0 Å². The molecular formula is C32H37ClN6O4. The van der Waals surface area contributed by atoms with Crippen molar-refractivity contribution < 1.29 is 19.1 Å². The fourth-order valence-electron chi connectivity index (χ4n) is 5.73. The number of rotatable bonds is 5. The number of piperazine rings is 1. The maximum Gasteiger partial charge on any atom is 0.410 e. The Morgan fingerprint density at radius 1 is 1.12 bits per heavy atom. The molecule has 0 spiro atoms. The van der Waals surface area contributed by atoms with E-state index in [2.05, 4.69) is 21.3 Å². The molecule has 3 aliphatic rings. The third-order valence-corrected chi connectivity index (χ3v) is 8.15. The highest BCUT2D eigenvalue weighted by Crippen LogP contribution is 2.44. The molecule has 2 fully saturated rings. The number of carbonyl (C=O) groups is 2. The Morgan fingerprint density at radius 3 is 2.56 bits per heavy atom. The lowest BCUT2D eigenvalue weighted by Crippen LogP contribution is -2.51. The van der Waals surface area contributed by atoms with Crippen LogP contribution in [-0.2, 0) is 16.5 Å². The molecule has 2 unspecified atom stereocenters. The molecule has 3 aromatic rings. The van der Waals surface area contributed by atoms with Crippen LogP contribution in [-0.4, -0.2) is 74.4 Å². The fourth-order valence-corrected chi connectivity index (χ4v) is 5.91. The number of hydrogen-bond acceptors (Lipinski definition) is 7. The number of aromatic nitrogens is 3. The summed E-state index contributed by atoms with van der Waals surface area (Å²) in [6.45, 7) is 7.96. The molecule has 10 nitrogen and oxygen atoms in total. The van der Waals surface area contributed by atoms with Gasteiger partial charge in [0.05, 0.1) is 36.0 Å². The van der Waals surface area contributed by atoms with E-state index in [4.69, 9.17) is 26.1 Å². The Morgan fingerprint density at radius 2 is 1.88 bits per heavy atom. The van der Waals surface area contributed by atoms with Gasteiger partial charge in [-0.15, -0.1) is 0 Å². The van der Waals surface area contributed by atoms with Crippen molar-refractivity contribution in [3.8, 4) is 0 Å². The summed E-state index contributed by atoms with van der Waals surface area (Å²) >= 11 is 6.65. The van der Waals surface area contributed by atoms with Gasteiger partial charge in [0.2, 0.25) is 0 Å². The highest BCUT2D eigenvalue weighted by atomic mass is 35.5. The Bertz CT molecular complexity index is 1550. The van der Waals surface area contributed by atoms with Crippen LogP contribution < -0.4 is 5.32 Å². The molecule has 1 aliphatic heterocycles. The third kappa shape index (κ3) is 6.40. The summed E-state index contributed by atoms with van der Waals surface area (Å²) in [5.74, 6) is 0. The monoisotopic (exact) mass is 604 g/mol. The van der Waals surface area contributed by atoms with Crippen LogP contribution in [0.5, 0.6) is 0 Å². The number of aryl methyl sites for hydroxylation is 1. The number of hydrogen-bond donors (Lipinski definition) is 1. The molecule has 226 valence electrons. The van der Waals surface area contributed by atoms with E-state index in [-0.39, 0.29) is 18.2 Å². The maximum absolute atomic E-state index is 13.1. The van der Waals surface area contributed by atoms with Crippen LogP contribution in [0, 0.1) is 0 Å². The maximum atomic E-state index is 13.1. The second-order valence-electron chi connectivity index (χ2n) is 12.3. The number of nitrogens with one attached hydrogen (secondary N) is 1. The predicted molar refractivity (Wildman–Crippen MR) is 163 cm³/mol. The first kappa shape index (κ1) is 29.2. The summed E-state index contributed by atoms with van der Waals surface area (Å²) in [5, 5.41) is 3.71. The van der Waals surface area contributed by atoms with Gasteiger partial charge in [-0.1, -0.05) is 23.7 Å². The van der Waals surface area contributed by atoms with Crippen LogP contribution in [0.2, 0.25) is 5.02 Å². The topological polar surface area (TPSA) is 102 Å². The lowest BCUT2D eigenvalue weighted by Gasteiger charge is -2.40. The van der Waals surface area contributed by atoms with E-state index in [1.807, 2.05) is 62.7 Å². The van der Waals surface area contributed by atoms with Gasteiger partial charge in [0.15, 0.2) is 0 Å². The van der Waals surface area contributed by atoms with Crippen LogP contribution in [0.1, 0.15) is 73.8 Å². The number of fused-ring (bicyclic) bond motifs is 2. The fraction of sp³-hybridized carbons (Fsp3) is 0.438. The molecule has 2 amide bonds. The Labute approximate surface area is 256 Å². The molecule has 1 aromatic carbocycles. The van der Waals surface area contributed by atoms with Crippen molar-refractivity contribution in [2.45, 2.75) is 57.4 Å². The number of benzene rings is 1. The Hall–Kier alpha value is -3.89. The molecule has 2 aliphatic carbocycles. The number of halogens is 1. The zero-order chi connectivity index (χ0) is 30.3. The van der Waals surface area contributed by atoms with Crippen molar-refractivity contribution in [1.82, 2.24) is 29.7 Å². The third-order valence-electron chi connectivity index (χ3n) is 7.91. The van der Waals surface area contributed by atoms with Gasteiger partial charge in [-0.05, 0) is 80.2 Å². The summed E-state index contributed by atoms with van der Waals surface area (Å²) in [4.78, 5) is 39.2. The number of imidazole rings is 1. The molecule has 1 N–H and O–H groups in total. The molecule has 1 saturated carbocycles. The van der Waals surface area contributed by atoms with Crippen LogP contribution in [0.4, 0.5) is 9.59 Å². The minimum atomic E-state index is -0.563. The number of carbonyl (C=O) groups excluding carboxylic acids is 2. The molecule has 1 saturated heterocycles. The zero-order valence-electron chi connectivity index (χ0n) is 24.9. The second-order valence-corrected chi connectivity index (χ2v) is 12.8. The second kappa shape index (κ2) is 11.7. The van der Waals surface area contributed by atoms with Gasteiger partial charge in [0.25, 0.3) is 0 Å². The first-order valence-corrected chi connectivity index (χ1v) is 15.1. The standard InChI is InChI=1S/C32H37ClN6O4/c1-32(2,3)43-31(41)39-14-12-38(13-15-39)29-23-10-7-21(33)17-24(23)25(16-20-6-5-11-35-27(20)29)28(26-18-34-19-37(26)4)36-30(40)42-22-8-9-22/h5-7,10-11,16-19,22,28-29H,8-9,12-15H2,1-4H3,(H,36,40). The van der Waals surface area contributed by atoms with Crippen LogP contribution in [0.25, 0.3) is 11.6 Å². The lowest BCUT2D eigenvalue weighted by molar-refractivity contribution is 0.0118. The number of nitrogens with zero attached hydrogens (tertiary/aromatic N) is 5. The molecule has 0 radical (unpaired) electrons. The Balaban J connectivity index is 1.40. The normalized spacial score (nSPS) is 19.4. The van der Waals surface area contributed by atoms with Crippen molar-refractivity contribution >= 4 is 35.4 Å². The van der Waals surface area contributed by atoms with Gasteiger partial charge in [-0.2, -0.15) is 0 Å². The Kier molecular flexibility index (Phi) is 7.91. The number of ether oxygens (including phenoxy) is 2. The van der Waals surface area contributed by atoms with Crippen LogP contribution >= 0.6 is 11.6 Å². The molecular weight excluding hydrogens is 568 g/mol. The molecule has 0 bridgehead atoms. The number of amides is 2. The van der Waals surface area contributed by atoms with Crippen molar-refractivity contribution in [1.29, 1.82) is 0 Å². The molecule has 2 aromatic heterocycles. The van der Waals surface area contributed by atoms with E-state index in [0.717, 1.165) is 46.5 Å². The first-order chi connectivity index (χ1) is 20.6. The van der Waals surface area contributed by atoms with Crippen LogP contribution in [0.15, 0.2) is 49.1 Å². The molecule has 3 heterocycles. The van der Waals surface area contributed by atoms with Gasteiger partial charge in [0.1, 0.15) is 11.7 Å². The van der Waals surface area contributed by atoms with Crippen molar-refractivity contribution in [3.63, 3.8) is 0 Å². The van der Waals surface area contributed by atoms with E-state index in [9.17, 15) is 9.59 Å². The molecule has 2 atom stereocenters. The first-order valence-electron chi connectivity index (χ1n) is 14.7.